The normalized spacial score (nSPS) is 19.2. The molecule has 116 valence electrons. The number of ether oxygens (including phenoxy) is 1. The van der Waals surface area contributed by atoms with Crippen LogP contribution in [0, 0.1) is 0 Å². The quantitative estimate of drug-likeness (QED) is 0.862. The number of carbonyl (C=O) groups is 1. The highest BCUT2D eigenvalue weighted by Gasteiger charge is 2.19. The molecular weight excluding hydrogens is 296 g/mol. The Labute approximate surface area is 134 Å². The van der Waals surface area contributed by atoms with E-state index in [1.807, 2.05) is 43.3 Å². The van der Waals surface area contributed by atoms with Gasteiger partial charge in [-0.1, -0.05) is 36.0 Å². The van der Waals surface area contributed by atoms with Crippen LogP contribution in [0.5, 0.6) is 0 Å². The number of pyridine rings is 1. The van der Waals surface area contributed by atoms with Gasteiger partial charge in [-0.25, -0.2) is 4.98 Å². The molecule has 22 heavy (non-hydrogen) atoms. The van der Waals surface area contributed by atoms with E-state index in [9.17, 15) is 4.79 Å². The first-order chi connectivity index (χ1) is 10.7. The molecule has 2 heterocycles. The summed E-state index contributed by atoms with van der Waals surface area (Å²) < 4.78 is 5.52. The number of para-hydroxylation sites is 1. The van der Waals surface area contributed by atoms with Crippen LogP contribution >= 0.6 is 11.8 Å². The van der Waals surface area contributed by atoms with Crippen LogP contribution in [-0.2, 0) is 9.53 Å². The summed E-state index contributed by atoms with van der Waals surface area (Å²) in [6.07, 6.45) is 2.31. The van der Waals surface area contributed by atoms with E-state index in [1.165, 1.54) is 11.8 Å². The summed E-state index contributed by atoms with van der Waals surface area (Å²) in [4.78, 5) is 16.7. The molecule has 2 atom stereocenters. The Morgan fingerprint density at radius 3 is 3.09 bits per heavy atom. The second-order valence-electron chi connectivity index (χ2n) is 5.48. The highest BCUT2D eigenvalue weighted by molar-refractivity contribution is 8.00. The number of thioether (sulfide) groups is 1. The lowest BCUT2D eigenvalue weighted by Gasteiger charge is -2.14. The highest BCUT2D eigenvalue weighted by atomic mass is 32.2. The molecule has 1 amide bonds. The minimum absolute atomic E-state index is 0.0375. The Kier molecular flexibility index (Phi) is 4.95. The van der Waals surface area contributed by atoms with E-state index >= 15 is 0 Å². The number of hydrogen-bond donors (Lipinski definition) is 1. The van der Waals surface area contributed by atoms with Crippen molar-refractivity contribution in [1.29, 1.82) is 0 Å². The van der Waals surface area contributed by atoms with Crippen molar-refractivity contribution >= 4 is 28.6 Å². The average Bonchev–Trinajstić information content (AvgIpc) is 3.06. The molecule has 4 nitrogen and oxygen atoms in total. The van der Waals surface area contributed by atoms with Crippen LogP contribution in [0.25, 0.3) is 10.9 Å². The molecular formula is C17H20N2O2S. The fraction of sp³-hybridized carbons (Fsp3) is 0.412. The minimum Gasteiger partial charge on any atom is -0.376 e. The molecule has 2 aromatic rings. The molecule has 1 aliphatic rings. The van der Waals surface area contributed by atoms with Crippen molar-refractivity contribution in [3.63, 3.8) is 0 Å². The van der Waals surface area contributed by atoms with Gasteiger partial charge in [0.1, 0.15) is 0 Å². The van der Waals surface area contributed by atoms with Crippen molar-refractivity contribution < 1.29 is 9.53 Å². The number of rotatable bonds is 5. The van der Waals surface area contributed by atoms with Gasteiger partial charge in [-0.2, -0.15) is 0 Å². The van der Waals surface area contributed by atoms with Crippen molar-refractivity contribution in [2.45, 2.75) is 36.1 Å². The fourth-order valence-corrected chi connectivity index (χ4v) is 3.36. The van der Waals surface area contributed by atoms with Crippen LogP contribution in [0.3, 0.4) is 0 Å². The van der Waals surface area contributed by atoms with Crippen LogP contribution in [-0.4, -0.2) is 35.4 Å². The van der Waals surface area contributed by atoms with Gasteiger partial charge in [0.05, 0.1) is 21.9 Å². The third kappa shape index (κ3) is 3.78. The first-order valence-corrected chi connectivity index (χ1v) is 8.52. The molecule has 0 bridgehead atoms. The van der Waals surface area contributed by atoms with Gasteiger partial charge < -0.3 is 10.1 Å². The van der Waals surface area contributed by atoms with Crippen molar-refractivity contribution in [2.75, 3.05) is 13.2 Å². The summed E-state index contributed by atoms with van der Waals surface area (Å²) >= 11 is 1.49. The lowest BCUT2D eigenvalue weighted by atomic mass is 10.2. The molecule has 1 N–H and O–H groups in total. The molecule has 1 saturated heterocycles. The maximum atomic E-state index is 12.2. The second kappa shape index (κ2) is 7.11. The van der Waals surface area contributed by atoms with Crippen LogP contribution < -0.4 is 5.32 Å². The van der Waals surface area contributed by atoms with Gasteiger partial charge in [0, 0.05) is 18.5 Å². The van der Waals surface area contributed by atoms with Gasteiger partial charge in [0.2, 0.25) is 5.91 Å². The van der Waals surface area contributed by atoms with E-state index in [0.29, 0.717) is 6.54 Å². The van der Waals surface area contributed by atoms with E-state index in [2.05, 4.69) is 10.3 Å². The number of carbonyl (C=O) groups excluding carboxylic acids is 1. The molecule has 3 rings (SSSR count). The molecule has 0 spiro atoms. The Bertz CT molecular complexity index is 656. The minimum atomic E-state index is -0.171. The third-order valence-electron chi connectivity index (χ3n) is 3.77. The smallest absolute Gasteiger partial charge is 0.233 e. The zero-order chi connectivity index (χ0) is 15.4. The summed E-state index contributed by atoms with van der Waals surface area (Å²) in [6.45, 7) is 3.33. The van der Waals surface area contributed by atoms with Gasteiger partial charge in [0.25, 0.3) is 0 Å². The van der Waals surface area contributed by atoms with Gasteiger partial charge >= 0.3 is 0 Å². The lowest BCUT2D eigenvalue weighted by molar-refractivity contribution is -0.120. The monoisotopic (exact) mass is 316 g/mol. The predicted octanol–water partition coefficient (Wildman–Crippen LogP) is 3.01. The van der Waals surface area contributed by atoms with E-state index in [4.69, 9.17) is 4.74 Å². The van der Waals surface area contributed by atoms with Crippen LogP contribution in [0.1, 0.15) is 19.8 Å². The standard InChI is InChI=1S/C17H20N2O2S/c1-12(17(20)18-11-14-6-4-10-21-14)22-16-9-8-13-5-2-3-7-15(13)19-16/h2-3,5,7-9,12,14H,4,6,10-11H2,1H3,(H,18,20)/t12-,14-/m1/s1. The molecule has 1 fully saturated rings. The first-order valence-electron chi connectivity index (χ1n) is 7.64. The summed E-state index contributed by atoms with van der Waals surface area (Å²) in [6, 6.07) is 12.0. The number of hydrogen-bond acceptors (Lipinski definition) is 4. The Balaban J connectivity index is 1.57. The Morgan fingerprint density at radius 1 is 1.41 bits per heavy atom. The molecule has 1 aromatic carbocycles. The lowest BCUT2D eigenvalue weighted by Crippen LogP contribution is -2.36. The number of aromatic nitrogens is 1. The van der Waals surface area contributed by atoms with Crippen molar-refractivity contribution in [2.24, 2.45) is 0 Å². The van der Waals surface area contributed by atoms with E-state index < -0.39 is 0 Å². The largest absolute Gasteiger partial charge is 0.376 e. The third-order valence-corrected chi connectivity index (χ3v) is 4.80. The van der Waals surface area contributed by atoms with Crippen LogP contribution in [0.15, 0.2) is 41.4 Å². The van der Waals surface area contributed by atoms with E-state index in [-0.39, 0.29) is 17.3 Å². The number of nitrogens with zero attached hydrogens (tertiary/aromatic N) is 1. The van der Waals surface area contributed by atoms with Crippen molar-refractivity contribution in [3.05, 3.63) is 36.4 Å². The molecule has 5 heteroatoms. The van der Waals surface area contributed by atoms with Crippen LogP contribution in [0.2, 0.25) is 0 Å². The highest BCUT2D eigenvalue weighted by Crippen LogP contribution is 2.24. The summed E-state index contributed by atoms with van der Waals surface area (Å²) in [7, 11) is 0. The summed E-state index contributed by atoms with van der Waals surface area (Å²) in [5.74, 6) is 0.0375. The van der Waals surface area contributed by atoms with Crippen LogP contribution in [0.4, 0.5) is 0 Å². The van der Waals surface area contributed by atoms with E-state index in [1.54, 1.807) is 0 Å². The van der Waals surface area contributed by atoms with Gasteiger partial charge in [-0.05, 0) is 31.9 Å². The topological polar surface area (TPSA) is 51.2 Å². The predicted molar refractivity (Wildman–Crippen MR) is 89.0 cm³/mol. The number of benzene rings is 1. The SMILES string of the molecule is C[C@@H](Sc1ccc2ccccc2n1)C(=O)NC[C@H]1CCCO1. The maximum Gasteiger partial charge on any atom is 0.233 e. The molecule has 0 saturated carbocycles. The maximum absolute atomic E-state index is 12.2. The average molecular weight is 316 g/mol. The second-order valence-corrected chi connectivity index (χ2v) is 6.84. The summed E-state index contributed by atoms with van der Waals surface area (Å²) in [5.41, 5.74) is 0.958. The number of nitrogens with one attached hydrogen (secondary N) is 1. The van der Waals surface area contributed by atoms with Crippen molar-refractivity contribution in [1.82, 2.24) is 10.3 Å². The zero-order valence-corrected chi connectivity index (χ0v) is 13.4. The first kappa shape index (κ1) is 15.3. The van der Waals surface area contributed by atoms with Gasteiger partial charge in [0.15, 0.2) is 0 Å². The zero-order valence-electron chi connectivity index (χ0n) is 12.6. The number of amides is 1. The molecule has 1 aliphatic heterocycles. The van der Waals surface area contributed by atoms with E-state index in [0.717, 1.165) is 35.4 Å². The van der Waals surface area contributed by atoms with Crippen molar-refractivity contribution in [3.8, 4) is 0 Å². The Hall–Kier alpha value is -1.59. The molecule has 0 unspecified atom stereocenters. The molecule has 1 aromatic heterocycles. The fourth-order valence-electron chi connectivity index (χ4n) is 2.51. The molecule has 0 radical (unpaired) electrons. The Morgan fingerprint density at radius 2 is 2.27 bits per heavy atom. The number of fused-ring (bicyclic) bond motifs is 1. The van der Waals surface area contributed by atoms with Gasteiger partial charge in [-0.15, -0.1) is 0 Å². The molecule has 0 aliphatic carbocycles. The summed E-state index contributed by atoms with van der Waals surface area (Å²) in [5, 5.41) is 4.78. The van der Waals surface area contributed by atoms with Gasteiger partial charge in [-0.3, -0.25) is 4.79 Å².